The lowest BCUT2D eigenvalue weighted by Gasteiger charge is -2.36. The van der Waals surface area contributed by atoms with E-state index >= 15 is 0 Å². The second kappa shape index (κ2) is 10.8. The Morgan fingerprint density at radius 2 is 0.961 bits per heavy atom. The average Bonchev–Trinajstić information content (AvgIpc) is 3.67. The number of hydrogen-bond acceptors (Lipinski definition) is 3. The number of nitrogens with zero attached hydrogens (tertiary/aromatic N) is 3. The summed E-state index contributed by atoms with van der Waals surface area (Å²) in [6.07, 6.45) is 9.27. The Morgan fingerprint density at radius 1 is 0.412 bits per heavy atom. The van der Waals surface area contributed by atoms with Crippen molar-refractivity contribution in [3.8, 4) is 45.3 Å². The monoisotopic (exact) mass is 649 g/mol. The average molecular weight is 650 g/mol. The number of hydrogen-bond donors (Lipinski definition) is 0. The topological polar surface area (TPSA) is 38.7 Å². The SMILES string of the molecule is C1=CC2c3ccccc3C3(c4ccccc4-c4ccc(-c5nc(-c6cccc7ccccc67)nc(-c6cccc7ccccc67)n5)cc43)C2C=C1. The summed E-state index contributed by atoms with van der Waals surface area (Å²) in [5.41, 5.74) is 10.7. The van der Waals surface area contributed by atoms with Crippen LogP contribution in [0.4, 0.5) is 0 Å². The third-order valence-corrected chi connectivity index (χ3v) is 11.4. The molecule has 0 bridgehead atoms. The predicted octanol–water partition coefficient (Wildman–Crippen LogP) is 11.3. The van der Waals surface area contributed by atoms with Crippen molar-refractivity contribution in [1.29, 1.82) is 0 Å². The highest BCUT2D eigenvalue weighted by Gasteiger charge is 2.56. The van der Waals surface area contributed by atoms with Gasteiger partial charge >= 0.3 is 0 Å². The van der Waals surface area contributed by atoms with Crippen LogP contribution < -0.4 is 0 Å². The molecular formula is C48H31N3. The molecule has 1 aromatic heterocycles. The first-order valence-corrected chi connectivity index (χ1v) is 17.7. The van der Waals surface area contributed by atoms with Gasteiger partial charge in [-0.1, -0.05) is 170 Å². The van der Waals surface area contributed by atoms with Crippen LogP contribution in [0.15, 0.2) is 176 Å². The molecule has 51 heavy (non-hydrogen) atoms. The molecule has 0 radical (unpaired) electrons. The number of fused-ring (bicyclic) bond motifs is 12. The molecule has 0 amide bonds. The van der Waals surface area contributed by atoms with Crippen LogP contribution in [0.5, 0.6) is 0 Å². The Balaban J connectivity index is 1.19. The molecule has 3 nitrogen and oxygen atoms in total. The Morgan fingerprint density at radius 3 is 1.71 bits per heavy atom. The van der Waals surface area contributed by atoms with Gasteiger partial charge in [-0.25, -0.2) is 15.0 Å². The molecule has 3 heteroatoms. The van der Waals surface area contributed by atoms with Crippen molar-refractivity contribution >= 4 is 21.5 Å². The van der Waals surface area contributed by atoms with Crippen LogP contribution >= 0.6 is 0 Å². The molecule has 238 valence electrons. The zero-order valence-corrected chi connectivity index (χ0v) is 27.7. The van der Waals surface area contributed by atoms with Crippen LogP contribution in [0.1, 0.15) is 28.2 Å². The summed E-state index contributed by atoms with van der Waals surface area (Å²) in [6.45, 7) is 0. The van der Waals surface area contributed by atoms with Crippen LogP contribution in [0.25, 0.3) is 66.8 Å². The van der Waals surface area contributed by atoms with Crippen LogP contribution in [-0.4, -0.2) is 15.0 Å². The van der Waals surface area contributed by atoms with E-state index in [0.717, 1.165) is 38.2 Å². The molecule has 8 aromatic rings. The molecule has 3 aliphatic carbocycles. The van der Waals surface area contributed by atoms with Crippen molar-refractivity contribution in [2.24, 2.45) is 5.92 Å². The maximum absolute atomic E-state index is 5.30. The first-order chi connectivity index (χ1) is 25.3. The molecule has 0 fully saturated rings. The van der Waals surface area contributed by atoms with E-state index in [1.54, 1.807) is 0 Å². The van der Waals surface area contributed by atoms with Crippen molar-refractivity contribution in [2.75, 3.05) is 0 Å². The first kappa shape index (κ1) is 28.4. The fraction of sp³-hybridized carbons (Fsp3) is 0.0625. The van der Waals surface area contributed by atoms with Crippen LogP contribution in [0.3, 0.4) is 0 Å². The van der Waals surface area contributed by atoms with Gasteiger partial charge in [-0.3, -0.25) is 0 Å². The summed E-state index contributed by atoms with van der Waals surface area (Å²) in [4.78, 5) is 15.8. The van der Waals surface area contributed by atoms with Gasteiger partial charge in [0.15, 0.2) is 17.5 Å². The van der Waals surface area contributed by atoms with E-state index in [4.69, 9.17) is 15.0 Å². The zero-order chi connectivity index (χ0) is 33.5. The van der Waals surface area contributed by atoms with E-state index < -0.39 is 0 Å². The Hall–Kier alpha value is -6.45. The normalized spacial score (nSPS) is 19.3. The second-order valence-corrected chi connectivity index (χ2v) is 13.9. The van der Waals surface area contributed by atoms with E-state index in [1.807, 2.05) is 0 Å². The molecule has 1 spiro atoms. The molecule has 0 saturated heterocycles. The highest BCUT2D eigenvalue weighted by Crippen LogP contribution is 2.65. The number of allylic oxidation sites excluding steroid dienone is 4. The van der Waals surface area contributed by atoms with Gasteiger partial charge in [0.25, 0.3) is 0 Å². The lowest BCUT2D eigenvalue weighted by molar-refractivity contribution is 0.465. The third-order valence-electron chi connectivity index (χ3n) is 11.4. The van der Waals surface area contributed by atoms with Crippen LogP contribution in [-0.2, 0) is 5.41 Å². The number of benzene rings is 7. The molecule has 3 atom stereocenters. The summed E-state index contributed by atoms with van der Waals surface area (Å²) in [5, 5.41) is 4.56. The maximum Gasteiger partial charge on any atom is 0.164 e. The van der Waals surface area contributed by atoms with Gasteiger partial charge in [0.2, 0.25) is 0 Å². The summed E-state index contributed by atoms with van der Waals surface area (Å²) < 4.78 is 0. The van der Waals surface area contributed by atoms with Gasteiger partial charge in [0.1, 0.15) is 0 Å². The van der Waals surface area contributed by atoms with Crippen LogP contribution in [0, 0.1) is 5.92 Å². The van der Waals surface area contributed by atoms with E-state index in [-0.39, 0.29) is 11.3 Å². The fourth-order valence-electron chi connectivity index (χ4n) is 9.33. The standard InChI is InChI=1S/C48H31N3/c1-3-17-33-30(13-1)15-11-22-39(33)46-49-45(50-47(51-46)40-23-12-16-31-14-2-4-18-34(31)40)32-27-28-38-37-21-7-10-26-43(37)48(44(38)29-32)41-24-8-5-19-35(41)36-20-6-9-25-42(36)48/h1-29,35,41H. The highest BCUT2D eigenvalue weighted by atomic mass is 15.0. The van der Waals surface area contributed by atoms with Gasteiger partial charge in [0, 0.05) is 28.5 Å². The quantitative estimate of drug-likeness (QED) is 0.191. The van der Waals surface area contributed by atoms with Crippen LogP contribution in [0.2, 0.25) is 0 Å². The maximum atomic E-state index is 5.30. The number of aromatic nitrogens is 3. The van der Waals surface area contributed by atoms with Crippen molar-refractivity contribution in [3.05, 3.63) is 198 Å². The van der Waals surface area contributed by atoms with E-state index in [2.05, 4.69) is 176 Å². The largest absolute Gasteiger partial charge is 0.208 e. The van der Waals surface area contributed by atoms with Crippen molar-refractivity contribution in [3.63, 3.8) is 0 Å². The van der Waals surface area contributed by atoms with Crippen molar-refractivity contribution in [1.82, 2.24) is 15.0 Å². The van der Waals surface area contributed by atoms with Gasteiger partial charge in [0.05, 0.1) is 5.41 Å². The van der Waals surface area contributed by atoms with Gasteiger partial charge in [-0.15, -0.1) is 0 Å². The predicted molar refractivity (Wildman–Crippen MR) is 207 cm³/mol. The summed E-state index contributed by atoms with van der Waals surface area (Å²) >= 11 is 0. The van der Waals surface area contributed by atoms with Gasteiger partial charge in [-0.2, -0.15) is 0 Å². The molecular weight excluding hydrogens is 619 g/mol. The van der Waals surface area contributed by atoms with E-state index in [0.29, 0.717) is 23.4 Å². The van der Waals surface area contributed by atoms with Crippen molar-refractivity contribution < 1.29 is 0 Å². The zero-order valence-electron chi connectivity index (χ0n) is 27.7. The fourth-order valence-corrected chi connectivity index (χ4v) is 9.33. The smallest absolute Gasteiger partial charge is 0.164 e. The summed E-state index contributed by atoms with van der Waals surface area (Å²) in [7, 11) is 0. The molecule has 3 unspecified atom stereocenters. The minimum Gasteiger partial charge on any atom is -0.208 e. The lowest BCUT2D eigenvalue weighted by atomic mass is 9.65. The molecule has 0 aliphatic heterocycles. The molecule has 1 heterocycles. The van der Waals surface area contributed by atoms with E-state index in [9.17, 15) is 0 Å². The highest BCUT2D eigenvalue weighted by molar-refractivity contribution is 5.98. The minimum atomic E-state index is -0.325. The minimum absolute atomic E-state index is 0.258. The Kier molecular flexibility index (Phi) is 6.00. The first-order valence-electron chi connectivity index (χ1n) is 17.7. The molecule has 3 aliphatic rings. The lowest BCUT2D eigenvalue weighted by Crippen LogP contribution is -2.33. The number of rotatable bonds is 3. The third kappa shape index (κ3) is 3.97. The van der Waals surface area contributed by atoms with E-state index in [1.165, 1.54) is 33.4 Å². The van der Waals surface area contributed by atoms with Crippen molar-refractivity contribution in [2.45, 2.75) is 11.3 Å². The molecule has 0 N–H and O–H groups in total. The van der Waals surface area contributed by atoms with Gasteiger partial charge < -0.3 is 0 Å². The summed E-state index contributed by atoms with van der Waals surface area (Å²) in [5.74, 6) is 2.58. The second-order valence-electron chi connectivity index (χ2n) is 13.9. The molecule has 11 rings (SSSR count). The Bertz CT molecular complexity index is 2680. The molecule has 7 aromatic carbocycles. The molecule has 0 saturated carbocycles. The Labute approximate surface area is 296 Å². The van der Waals surface area contributed by atoms with Gasteiger partial charge in [-0.05, 0) is 61.0 Å². The summed E-state index contributed by atoms with van der Waals surface area (Å²) in [6, 6.07) is 54.6.